The van der Waals surface area contributed by atoms with Gasteiger partial charge in [-0.1, -0.05) is 131 Å². The number of rotatable bonds is 8. The number of nitrogens with two attached hydrogens (primary N) is 1. The predicted molar refractivity (Wildman–Crippen MR) is 358 cm³/mol. The SMILES string of the molecule is COCC1C2C#CC3C#CC4=C(C=CC(N)N4)C(Cc4cccc(c4)C2)C2CCC4(Cc5cc(O)cc(OC)c5-c5ccc6c(c54)OC(c4c5c(c(O)c(c43)CNCC1CO)OC1C(C=C5)NC3CCCC(CSSC1Cc1ccccc1)C3)C6COC(C)=O)C2. The maximum absolute atomic E-state index is 13.9. The molecule has 5 aromatic rings. The predicted octanol–water partition coefficient (Wildman–Crippen LogP) is 11.3. The Morgan fingerprint density at radius 3 is 2.62 bits per heavy atom. The Hall–Kier alpha value is -6.79. The molecule has 11 bridgehead atoms. The lowest BCUT2D eigenvalue weighted by Gasteiger charge is -2.40. The van der Waals surface area contributed by atoms with E-state index in [-0.39, 0.29) is 78.2 Å². The van der Waals surface area contributed by atoms with E-state index in [1.807, 2.05) is 27.7 Å². The summed E-state index contributed by atoms with van der Waals surface area (Å²) in [4.78, 5) is 13.5. The zero-order valence-electron chi connectivity index (χ0n) is 52.1. The van der Waals surface area contributed by atoms with Crippen LogP contribution in [0.5, 0.6) is 28.7 Å². The number of carbonyl (C=O) groups is 1. The van der Waals surface area contributed by atoms with Crippen molar-refractivity contribution in [3.8, 4) is 63.6 Å². The molecule has 472 valence electrons. The number of dihydropyridines is 1. The molecule has 15 atom stereocenters. The second-order valence-electron chi connectivity index (χ2n) is 27.4. The number of phenols is 2. The Morgan fingerprint density at radius 1 is 0.912 bits per heavy atom. The molecule has 0 amide bonds. The van der Waals surface area contributed by atoms with Crippen LogP contribution >= 0.6 is 21.6 Å². The van der Waals surface area contributed by atoms with Crippen LogP contribution in [0.2, 0.25) is 0 Å². The van der Waals surface area contributed by atoms with Crippen molar-refractivity contribution in [1.29, 1.82) is 0 Å². The molecule has 8 N–H and O–H groups in total. The van der Waals surface area contributed by atoms with Gasteiger partial charge in [0.25, 0.3) is 0 Å². The Balaban J connectivity index is 1.05. The van der Waals surface area contributed by atoms with Crippen molar-refractivity contribution in [2.24, 2.45) is 41.2 Å². The maximum atomic E-state index is 13.9. The number of carbonyl (C=O) groups excluding carboxylic acids is 1. The molecule has 6 heterocycles. The third-order valence-corrected chi connectivity index (χ3v) is 24.8. The van der Waals surface area contributed by atoms with Gasteiger partial charge in [0.15, 0.2) is 11.5 Å². The van der Waals surface area contributed by atoms with Crippen molar-refractivity contribution in [1.82, 2.24) is 16.0 Å². The van der Waals surface area contributed by atoms with Crippen LogP contribution < -0.4 is 35.9 Å². The first-order chi connectivity index (χ1) is 44.4. The van der Waals surface area contributed by atoms with E-state index in [1.54, 1.807) is 20.3 Å². The fourth-order valence-corrected chi connectivity index (χ4v) is 20.9. The standard InChI is InChI=1S/C76H82N4O9S2/c1-42(82)87-40-61-55-18-19-56-67-50(32-53(83)33-64(67)86-3)35-76-26-25-49(34-76)58-30-45-12-7-11-44(27-45)28-48-16-15-47(17-22-62-54(58)21-24-66(77)80-62)68-59(37-78-36-51(38-81)60(48)39-85-2)71(84)74-57(69(68)72(61)88-73(55)70(56)76)20-23-63-75(89-74)65(31-43-9-5-4-6-10-43)91-90-41-46-13-8-14-52(29-46)79-63/h4-7,9-12,18-21,23-24,27,32-33,46-49,51-52,58,60-61,63,65-66,72,75,78-81,83-84H,8,13-14,25-26,28-31,34-41,77H2,1-3H3. The van der Waals surface area contributed by atoms with E-state index in [4.69, 9.17) is 29.4 Å². The van der Waals surface area contributed by atoms with Crippen LogP contribution in [0.15, 0.2) is 108 Å². The van der Waals surface area contributed by atoms with E-state index in [9.17, 15) is 20.1 Å². The maximum Gasteiger partial charge on any atom is 0.302 e. The van der Waals surface area contributed by atoms with Crippen molar-refractivity contribution in [2.45, 2.75) is 137 Å². The lowest BCUT2D eigenvalue weighted by molar-refractivity contribution is -0.141. The fourth-order valence-electron chi connectivity index (χ4n) is 17.7. The van der Waals surface area contributed by atoms with Gasteiger partial charge < -0.3 is 60.7 Å². The van der Waals surface area contributed by atoms with Crippen molar-refractivity contribution in [2.75, 3.05) is 46.3 Å². The summed E-state index contributed by atoms with van der Waals surface area (Å²) in [5, 5.41) is 48.6. The molecule has 13 nitrogen and oxygen atoms in total. The molecule has 6 aliphatic heterocycles. The molecular formula is C76H82N4O9S2. The molecule has 10 aliphatic rings. The van der Waals surface area contributed by atoms with Crippen molar-refractivity contribution in [3.63, 3.8) is 0 Å². The van der Waals surface area contributed by atoms with Gasteiger partial charge in [0, 0.05) is 108 Å². The number of hydrogen-bond acceptors (Lipinski definition) is 15. The summed E-state index contributed by atoms with van der Waals surface area (Å²) in [7, 11) is 7.24. The number of esters is 1. The molecule has 1 saturated heterocycles. The molecule has 3 fully saturated rings. The first-order valence-corrected chi connectivity index (χ1v) is 35.4. The molecule has 2 saturated carbocycles. The smallest absolute Gasteiger partial charge is 0.302 e. The van der Waals surface area contributed by atoms with E-state index in [0.717, 1.165) is 113 Å². The summed E-state index contributed by atoms with van der Waals surface area (Å²) in [6.07, 6.45) is 16.7. The highest BCUT2D eigenvalue weighted by atomic mass is 33.1. The summed E-state index contributed by atoms with van der Waals surface area (Å²) in [5.41, 5.74) is 19.5. The molecule has 1 spiro atoms. The fraction of sp³-hybridized carbons (Fsp3) is 0.461. The molecule has 4 aliphatic carbocycles. The van der Waals surface area contributed by atoms with E-state index in [1.165, 1.54) is 24.5 Å². The van der Waals surface area contributed by atoms with Crippen LogP contribution in [0.1, 0.15) is 125 Å². The van der Waals surface area contributed by atoms with Crippen LogP contribution in [-0.2, 0) is 51.9 Å². The lowest BCUT2D eigenvalue weighted by atomic mass is 9.64. The van der Waals surface area contributed by atoms with E-state index in [2.05, 4.69) is 131 Å². The van der Waals surface area contributed by atoms with Gasteiger partial charge >= 0.3 is 5.97 Å². The highest BCUT2D eigenvalue weighted by molar-refractivity contribution is 8.77. The monoisotopic (exact) mass is 1260 g/mol. The topological polar surface area (TPSA) is 186 Å². The number of ether oxygens (including phenoxy) is 5. The minimum Gasteiger partial charge on any atom is -0.508 e. The lowest BCUT2D eigenvalue weighted by Crippen LogP contribution is -2.52. The van der Waals surface area contributed by atoms with Crippen molar-refractivity contribution >= 4 is 33.6 Å². The van der Waals surface area contributed by atoms with Crippen molar-refractivity contribution < 1.29 is 43.8 Å². The average molecular weight is 1260 g/mol. The number of fused-ring (bicyclic) bond motifs is 14. The number of phenolic OH excluding ortho intramolecular Hbond substituents is 2. The van der Waals surface area contributed by atoms with Crippen molar-refractivity contribution in [3.05, 3.63) is 164 Å². The van der Waals surface area contributed by atoms with Gasteiger partial charge in [-0.25, -0.2) is 0 Å². The van der Waals surface area contributed by atoms with Crippen LogP contribution in [0, 0.1) is 59.2 Å². The highest BCUT2D eigenvalue weighted by Crippen LogP contribution is 2.64. The summed E-state index contributed by atoms with van der Waals surface area (Å²) in [5.74, 6) is 16.4. The minimum absolute atomic E-state index is 0.00369. The van der Waals surface area contributed by atoms with Crippen LogP contribution in [-0.4, -0.2) is 97.2 Å². The largest absolute Gasteiger partial charge is 0.508 e. The summed E-state index contributed by atoms with van der Waals surface area (Å²) >= 11 is 0. The third-order valence-electron chi connectivity index (χ3n) is 21.8. The molecule has 15 unspecified atom stereocenters. The zero-order valence-corrected chi connectivity index (χ0v) is 53.7. The molecule has 0 aromatic heterocycles. The highest BCUT2D eigenvalue weighted by Gasteiger charge is 2.54. The van der Waals surface area contributed by atoms with Gasteiger partial charge in [0.05, 0.1) is 42.8 Å². The summed E-state index contributed by atoms with van der Waals surface area (Å²) in [6.45, 7) is 2.25. The van der Waals surface area contributed by atoms with Gasteiger partial charge in [-0.05, 0) is 139 Å². The molecule has 91 heavy (non-hydrogen) atoms. The number of aromatic hydroxyl groups is 2. The quantitative estimate of drug-likeness (QED) is 0.0442. The van der Waals surface area contributed by atoms with E-state index in [0.29, 0.717) is 60.1 Å². The third kappa shape index (κ3) is 11.3. The Morgan fingerprint density at radius 2 is 1.78 bits per heavy atom. The molecule has 15 rings (SSSR count). The van der Waals surface area contributed by atoms with Gasteiger partial charge in [-0.15, -0.1) is 0 Å². The number of nitrogens with one attached hydrogen (secondary N) is 3. The van der Waals surface area contributed by atoms with Gasteiger partial charge in [0.2, 0.25) is 0 Å². The molecular weight excluding hydrogens is 1180 g/mol. The van der Waals surface area contributed by atoms with Gasteiger partial charge in [-0.3, -0.25) is 4.79 Å². The second-order valence-corrected chi connectivity index (χ2v) is 30.0. The Labute approximate surface area is 542 Å². The van der Waals surface area contributed by atoms with Gasteiger partial charge in [-0.2, -0.15) is 0 Å². The van der Waals surface area contributed by atoms with Gasteiger partial charge in [0.1, 0.15) is 42.0 Å². The summed E-state index contributed by atoms with van der Waals surface area (Å²) in [6, 6.07) is 27.7. The van der Waals surface area contributed by atoms with E-state index >= 15 is 0 Å². The molecule has 15 heteroatoms. The molecule has 0 radical (unpaired) electrons. The number of hydrogen-bond donors (Lipinski definition) is 7. The second kappa shape index (κ2) is 25.3. The van der Waals surface area contributed by atoms with Crippen LogP contribution in [0.4, 0.5) is 0 Å². The average Bonchev–Trinajstić information content (AvgIpc) is 1.62. The Kier molecular flexibility index (Phi) is 16.8. The number of allylic oxidation sites excluding steroid dienone is 3. The number of aliphatic hydroxyl groups is 1. The first-order valence-electron chi connectivity index (χ1n) is 33.0. The van der Waals surface area contributed by atoms with E-state index < -0.39 is 41.6 Å². The summed E-state index contributed by atoms with van der Waals surface area (Å²) < 4.78 is 34.6. The minimum atomic E-state index is -0.871. The van der Waals surface area contributed by atoms with Crippen LogP contribution in [0.3, 0.4) is 0 Å². The normalized spacial score (nSPS) is 31.4. The number of methoxy groups -OCH3 is 2. The number of aliphatic hydroxyl groups excluding tert-OH is 1. The van der Waals surface area contributed by atoms with Crippen LogP contribution in [0.25, 0.3) is 17.2 Å². The number of benzene rings is 5. The Bertz CT molecular complexity index is 3900. The zero-order chi connectivity index (χ0) is 62.1. The first kappa shape index (κ1) is 60.5. The molecule has 5 aromatic carbocycles.